The van der Waals surface area contributed by atoms with Crippen molar-refractivity contribution in [1.29, 1.82) is 0 Å². The summed E-state index contributed by atoms with van der Waals surface area (Å²) in [4.78, 5) is 22.3. The minimum atomic E-state index is -0.367. The molecule has 74 valence electrons. The lowest BCUT2D eigenvalue weighted by molar-refractivity contribution is -0.119. The van der Waals surface area contributed by atoms with Crippen molar-refractivity contribution in [3.63, 3.8) is 0 Å². The van der Waals surface area contributed by atoms with Crippen LogP contribution in [0.3, 0.4) is 0 Å². The molecule has 5 heteroatoms. The summed E-state index contributed by atoms with van der Waals surface area (Å²) in [5.74, 6) is -0.231. The van der Waals surface area contributed by atoms with Gasteiger partial charge in [0, 0.05) is 6.04 Å². The summed E-state index contributed by atoms with van der Waals surface area (Å²) in [6, 6.07) is -0.0780. The van der Waals surface area contributed by atoms with Crippen LogP contribution in [0.15, 0.2) is 0 Å². The molecule has 1 fully saturated rings. The second kappa shape index (κ2) is 4.50. The Labute approximate surface area is 81.8 Å². The lowest BCUT2D eigenvalue weighted by Gasteiger charge is -2.08. The fourth-order valence-corrected chi connectivity index (χ4v) is 1.04. The van der Waals surface area contributed by atoms with Gasteiger partial charge in [0.2, 0.25) is 5.91 Å². The van der Waals surface area contributed by atoms with Gasteiger partial charge in [0.25, 0.3) is 0 Å². The highest BCUT2D eigenvalue weighted by Crippen LogP contribution is 2.18. The van der Waals surface area contributed by atoms with Crippen molar-refractivity contribution in [2.75, 3.05) is 6.26 Å². The van der Waals surface area contributed by atoms with Gasteiger partial charge in [-0.3, -0.25) is 10.1 Å². The zero-order valence-corrected chi connectivity index (χ0v) is 8.61. The monoisotopic (exact) mass is 202 g/mol. The molecule has 0 aromatic heterocycles. The number of thioether (sulfide) groups is 1. The fourth-order valence-electron chi connectivity index (χ4n) is 0.770. The Kier molecular flexibility index (Phi) is 3.59. The first-order valence-corrected chi connectivity index (χ1v) is 5.56. The predicted molar refractivity (Wildman–Crippen MR) is 52.7 cm³/mol. The highest BCUT2D eigenvalue weighted by molar-refractivity contribution is 7.99. The number of amides is 3. The summed E-state index contributed by atoms with van der Waals surface area (Å²) in [5.41, 5.74) is 0. The molecule has 1 atom stereocenters. The molecule has 0 unspecified atom stereocenters. The summed E-state index contributed by atoms with van der Waals surface area (Å²) in [7, 11) is 0. The molecule has 4 nitrogen and oxygen atoms in total. The molecule has 0 aromatic carbocycles. The maximum absolute atomic E-state index is 11.2. The zero-order chi connectivity index (χ0) is 9.84. The predicted octanol–water partition coefficient (Wildman–Crippen LogP) is 0.726. The van der Waals surface area contributed by atoms with Gasteiger partial charge in [-0.15, -0.1) is 0 Å². The average molecular weight is 202 g/mol. The van der Waals surface area contributed by atoms with Gasteiger partial charge in [0.1, 0.15) is 0 Å². The molecular formula is C8H14N2O2S. The van der Waals surface area contributed by atoms with Crippen LogP contribution in [-0.4, -0.2) is 29.5 Å². The van der Waals surface area contributed by atoms with Crippen molar-refractivity contribution in [2.45, 2.75) is 31.1 Å². The van der Waals surface area contributed by atoms with Gasteiger partial charge in [-0.2, -0.15) is 11.8 Å². The van der Waals surface area contributed by atoms with Crippen molar-refractivity contribution in [2.24, 2.45) is 0 Å². The first kappa shape index (κ1) is 10.4. The lowest BCUT2D eigenvalue weighted by Crippen LogP contribution is -2.43. The Morgan fingerprint density at radius 1 is 1.46 bits per heavy atom. The number of hydrogen-bond donors (Lipinski definition) is 2. The summed E-state index contributed by atoms with van der Waals surface area (Å²) in [6.45, 7) is 1.77. The molecular weight excluding hydrogens is 188 g/mol. The molecule has 0 aromatic rings. The normalized spacial score (nSPS) is 17.7. The van der Waals surface area contributed by atoms with Crippen LogP contribution >= 0.6 is 11.8 Å². The highest BCUT2D eigenvalue weighted by atomic mass is 32.2. The smallest absolute Gasteiger partial charge is 0.321 e. The van der Waals surface area contributed by atoms with E-state index in [1.165, 1.54) is 11.8 Å². The van der Waals surface area contributed by atoms with Crippen molar-refractivity contribution >= 4 is 23.7 Å². The third kappa shape index (κ3) is 3.67. The van der Waals surface area contributed by atoms with Gasteiger partial charge < -0.3 is 5.32 Å². The van der Waals surface area contributed by atoms with E-state index in [9.17, 15) is 9.59 Å². The number of hydrogen-bond acceptors (Lipinski definition) is 3. The molecule has 1 aliphatic rings. The lowest BCUT2D eigenvalue weighted by atomic mass is 10.4. The van der Waals surface area contributed by atoms with Crippen LogP contribution < -0.4 is 10.6 Å². The van der Waals surface area contributed by atoms with Crippen LogP contribution in [0.5, 0.6) is 0 Å². The van der Waals surface area contributed by atoms with Gasteiger partial charge >= 0.3 is 6.03 Å². The number of carbonyl (C=O) groups is 2. The maximum atomic E-state index is 11.2. The van der Waals surface area contributed by atoms with Crippen LogP contribution in [0.2, 0.25) is 0 Å². The minimum absolute atomic E-state index is 0.176. The van der Waals surface area contributed by atoms with Crippen molar-refractivity contribution < 1.29 is 9.59 Å². The zero-order valence-electron chi connectivity index (χ0n) is 7.79. The topological polar surface area (TPSA) is 58.2 Å². The Hall–Kier alpha value is -0.710. The second-order valence-electron chi connectivity index (χ2n) is 3.11. The van der Waals surface area contributed by atoms with E-state index in [0.29, 0.717) is 0 Å². The van der Waals surface area contributed by atoms with Crippen molar-refractivity contribution in [1.82, 2.24) is 10.6 Å². The number of rotatable bonds is 3. The van der Waals surface area contributed by atoms with Gasteiger partial charge in [-0.25, -0.2) is 4.79 Å². The van der Waals surface area contributed by atoms with E-state index >= 15 is 0 Å². The minimum Gasteiger partial charge on any atom is -0.335 e. The SMILES string of the molecule is CS[C@@H](C)C(=O)NC(=O)NC1CC1. The molecule has 3 amide bonds. The van der Waals surface area contributed by atoms with Crippen LogP contribution in [0.1, 0.15) is 19.8 Å². The molecule has 0 aliphatic heterocycles. The van der Waals surface area contributed by atoms with Gasteiger partial charge in [-0.05, 0) is 26.0 Å². The third-order valence-electron chi connectivity index (χ3n) is 1.87. The molecule has 0 bridgehead atoms. The van der Waals surface area contributed by atoms with Crippen LogP contribution in [0, 0.1) is 0 Å². The second-order valence-corrected chi connectivity index (χ2v) is 4.29. The molecule has 0 radical (unpaired) electrons. The Balaban J connectivity index is 2.21. The van der Waals surface area contributed by atoms with Crippen LogP contribution in [0.4, 0.5) is 4.79 Å². The molecule has 1 aliphatic carbocycles. The van der Waals surface area contributed by atoms with Crippen LogP contribution in [-0.2, 0) is 4.79 Å². The first-order chi connectivity index (χ1) is 6.13. The number of urea groups is 1. The fraction of sp³-hybridized carbons (Fsp3) is 0.750. The summed E-state index contributed by atoms with van der Waals surface area (Å²) >= 11 is 1.42. The summed E-state index contributed by atoms with van der Waals surface area (Å²) < 4.78 is 0. The summed E-state index contributed by atoms with van der Waals surface area (Å²) in [5, 5.41) is 4.80. The molecule has 13 heavy (non-hydrogen) atoms. The number of carbonyl (C=O) groups excluding carboxylic acids is 2. The molecule has 0 saturated heterocycles. The quantitative estimate of drug-likeness (QED) is 0.709. The van der Waals surface area contributed by atoms with E-state index in [4.69, 9.17) is 0 Å². The Bertz CT molecular complexity index is 216. The number of imide groups is 1. The summed E-state index contributed by atoms with van der Waals surface area (Å²) in [6.07, 6.45) is 3.89. The first-order valence-electron chi connectivity index (χ1n) is 4.27. The number of nitrogens with one attached hydrogen (secondary N) is 2. The van der Waals surface area contributed by atoms with E-state index in [1.54, 1.807) is 6.92 Å². The largest absolute Gasteiger partial charge is 0.335 e. The van der Waals surface area contributed by atoms with Crippen molar-refractivity contribution in [3.8, 4) is 0 Å². The van der Waals surface area contributed by atoms with Gasteiger partial charge in [0.15, 0.2) is 0 Å². The molecule has 0 spiro atoms. The molecule has 0 heterocycles. The highest BCUT2D eigenvalue weighted by Gasteiger charge is 2.24. The molecule has 2 N–H and O–H groups in total. The van der Waals surface area contributed by atoms with Crippen LogP contribution in [0.25, 0.3) is 0 Å². The third-order valence-corrected chi connectivity index (χ3v) is 2.79. The molecule has 1 saturated carbocycles. The Morgan fingerprint density at radius 2 is 2.08 bits per heavy atom. The maximum Gasteiger partial charge on any atom is 0.321 e. The van der Waals surface area contributed by atoms with E-state index in [2.05, 4.69) is 10.6 Å². The van der Waals surface area contributed by atoms with E-state index < -0.39 is 0 Å². The van der Waals surface area contributed by atoms with E-state index in [1.807, 2.05) is 6.26 Å². The van der Waals surface area contributed by atoms with Crippen molar-refractivity contribution in [3.05, 3.63) is 0 Å². The average Bonchev–Trinajstić information content (AvgIpc) is 2.86. The molecule has 1 rings (SSSR count). The van der Waals surface area contributed by atoms with Gasteiger partial charge in [-0.1, -0.05) is 0 Å². The Morgan fingerprint density at radius 3 is 2.54 bits per heavy atom. The van der Waals surface area contributed by atoms with Gasteiger partial charge in [0.05, 0.1) is 5.25 Å². The standard InChI is InChI=1S/C8H14N2O2S/c1-5(13-2)7(11)10-8(12)9-6-3-4-6/h5-6H,3-4H2,1-2H3,(H2,9,10,11,12)/t5-/m0/s1. The van der Waals surface area contributed by atoms with E-state index in [0.717, 1.165) is 12.8 Å². The van der Waals surface area contributed by atoms with E-state index in [-0.39, 0.29) is 23.2 Å².